The van der Waals surface area contributed by atoms with E-state index in [2.05, 4.69) is 33.0 Å². The normalized spacial score (nSPS) is 26.6. The highest BCUT2D eigenvalue weighted by Gasteiger charge is 2.26. The van der Waals surface area contributed by atoms with Crippen LogP contribution in [0.25, 0.3) is 0 Å². The number of nitrogens with one attached hydrogen (secondary N) is 1. The van der Waals surface area contributed by atoms with Crippen LogP contribution in [0.4, 0.5) is 0 Å². The molecule has 0 amide bonds. The van der Waals surface area contributed by atoms with Crippen molar-refractivity contribution in [3.05, 3.63) is 0 Å². The van der Waals surface area contributed by atoms with Gasteiger partial charge in [-0.15, -0.1) is 0 Å². The van der Waals surface area contributed by atoms with Crippen LogP contribution in [0.15, 0.2) is 0 Å². The molecule has 1 aliphatic carbocycles. The third-order valence-electron chi connectivity index (χ3n) is 3.64. The molecule has 0 saturated heterocycles. The lowest BCUT2D eigenvalue weighted by atomic mass is 9.78. The minimum absolute atomic E-state index is 0.356. The first kappa shape index (κ1) is 14.0. The average Bonchev–Trinajstić information content (AvgIpc) is 2.24. The second-order valence-corrected chi connectivity index (χ2v) is 5.67. The molecule has 1 saturated carbocycles. The molecule has 2 nitrogen and oxygen atoms in total. The fourth-order valence-corrected chi connectivity index (χ4v) is 2.75. The van der Waals surface area contributed by atoms with E-state index in [1.54, 1.807) is 0 Å². The summed E-state index contributed by atoms with van der Waals surface area (Å²) in [5, 5.41) is 3.68. The minimum atomic E-state index is 0.356. The Morgan fingerprint density at radius 3 is 2.44 bits per heavy atom. The average molecular weight is 227 g/mol. The summed E-state index contributed by atoms with van der Waals surface area (Å²) in [6.07, 6.45) is 5.93. The first-order chi connectivity index (χ1) is 7.61. The van der Waals surface area contributed by atoms with Crippen LogP contribution in [0.1, 0.15) is 53.4 Å². The molecule has 2 heteroatoms. The second kappa shape index (κ2) is 7.29. The molecule has 1 aliphatic rings. The van der Waals surface area contributed by atoms with Crippen molar-refractivity contribution in [2.24, 2.45) is 11.8 Å². The molecule has 2 atom stereocenters. The van der Waals surface area contributed by atoms with Crippen molar-refractivity contribution in [1.29, 1.82) is 0 Å². The summed E-state index contributed by atoms with van der Waals surface area (Å²) in [4.78, 5) is 0. The summed E-state index contributed by atoms with van der Waals surface area (Å²) in [5.41, 5.74) is 0. The second-order valence-electron chi connectivity index (χ2n) is 5.67. The highest BCUT2D eigenvalue weighted by atomic mass is 16.5. The minimum Gasteiger partial charge on any atom is -0.377 e. The van der Waals surface area contributed by atoms with E-state index in [4.69, 9.17) is 4.74 Å². The van der Waals surface area contributed by atoms with E-state index < -0.39 is 0 Å². The van der Waals surface area contributed by atoms with Gasteiger partial charge in [0, 0.05) is 12.6 Å². The van der Waals surface area contributed by atoms with Gasteiger partial charge in [-0.05, 0) is 38.5 Å². The fourth-order valence-electron chi connectivity index (χ4n) is 2.75. The molecule has 2 unspecified atom stereocenters. The molecule has 0 aromatic rings. The van der Waals surface area contributed by atoms with Crippen LogP contribution in [0.2, 0.25) is 0 Å². The van der Waals surface area contributed by atoms with Crippen LogP contribution >= 0.6 is 0 Å². The topological polar surface area (TPSA) is 21.3 Å². The number of hydrogen-bond acceptors (Lipinski definition) is 2. The maximum Gasteiger partial charge on any atom is 0.0594 e. The molecule has 1 N–H and O–H groups in total. The van der Waals surface area contributed by atoms with Gasteiger partial charge in [0.15, 0.2) is 0 Å². The van der Waals surface area contributed by atoms with Gasteiger partial charge < -0.3 is 10.1 Å². The lowest BCUT2D eigenvalue weighted by molar-refractivity contribution is 0.0750. The van der Waals surface area contributed by atoms with Crippen molar-refractivity contribution < 1.29 is 4.74 Å². The molecule has 0 heterocycles. The van der Waals surface area contributed by atoms with Crippen LogP contribution in [-0.4, -0.2) is 25.3 Å². The number of hydrogen-bond donors (Lipinski definition) is 1. The molecule has 0 aliphatic heterocycles. The molecule has 0 aromatic heterocycles. The van der Waals surface area contributed by atoms with E-state index >= 15 is 0 Å². The summed E-state index contributed by atoms with van der Waals surface area (Å²) >= 11 is 0. The summed E-state index contributed by atoms with van der Waals surface area (Å²) in [5.74, 6) is 1.68. The molecule has 0 aromatic carbocycles. The van der Waals surface area contributed by atoms with Gasteiger partial charge in [0.25, 0.3) is 0 Å². The third kappa shape index (κ3) is 4.84. The Bertz CT molecular complexity index is 180. The summed E-state index contributed by atoms with van der Waals surface area (Å²) in [6.45, 7) is 10.8. The van der Waals surface area contributed by atoms with Crippen molar-refractivity contribution in [2.75, 3.05) is 13.2 Å². The first-order valence-electron chi connectivity index (χ1n) is 6.96. The molecule has 0 radical (unpaired) electrons. The summed E-state index contributed by atoms with van der Waals surface area (Å²) in [6, 6.07) is 0.726. The van der Waals surface area contributed by atoms with Crippen LogP contribution in [0, 0.1) is 11.8 Å². The number of ether oxygens (including phenoxy) is 1. The van der Waals surface area contributed by atoms with E-state index in [0.717, 1.165) is 31.0 Å². The highest BCUT2D eigenvalue weighted by molar-refractivity contribution is 4.82. The highest BCUT2D eigenvalue weighted by Crippen LogP contribution is 2.29. The van der Waals surface area contributed by atoms with Crippen LogP contribution in [0.3, 0.4) is 0 Å². The first-order valence-corrected chi connectivity index (χ1v) is 6.96. The summed E-state index contributed by atoms with van der Waals surface area (Å²) in [7, 11) is 0. The van der Waals surface area contributed by atoms with Crippen LogP contribution in [-0.2, 0) is 4.74 Å². The third-order valence-corrected chi connectivity index (χ3v) is 3.64. The largest absolute Gasteiger partial charge is 0.377 e. The van der Waals surface area contributed by atoms with Gasteiger partial charge in [0.05, 0.1) is 12.7 Å². The molecule has 16 heavy (non-hydrogen) atoms. The van der Waals surface area contributed by atoms with Gasteiger partial charge in [-0.25, -0.2) is 0 Å². The Hall–Kier alpha value is -0.0800. The molecule has 1 fully saturated rings. The fraction of sp³-hybridized carbons (Fsp3) is 1.00. The van der Waals surface area contributed by atoms with Crippen molar-refractivity contribution in [2.45, 2.75) is 65.5 Å². The molecular formula is C14H29NO. The molecule has 96 valence electrons. The van der Waals surface area contributed by atoms with Crippen molar-refractivity contribution >= 4 is 0 Å². The lowest BCUT2D eigenvalue weighted by Gasteiger charge is -2.35. The van der Waals surface area contributed by atoms with E-state index in [1.807, 2.05) is 0 Å². The van der Waals surface area contributed by atoms with Gasteiger partial charge in [0.1, 0.15) is 0 Å². The van der Waals surface area contributed by atoms with Gasteiger partial charge in [-0.3, -0.25) is 0 Å². The van der Waals surface area contributed by atoms with E-state index in [0.29, 0.717) is 6.10 Å². The number of rotatable bonds is 6. The van der Waals surface area contributed by atoms with Crippen molar-refractivity contribution in [3.63, 3.8) is 0 Å². The smallest absolute Gasteiger partial charge is 0.0594 e. The lowest BCUT2D eigenvalue weighted by Crippen LogP contribution is -2.42. The van der Waals surface area contributed by atoms with E-state index in [1.165, 1.54) is 25.7 Å². The van der Waals surface area contributed by atoms with E-state index in [-0.39, 0.29) is 0 Å². The van der Waals surface area contributed by atoms with Gasteiger partial charge in [-0.2, -0.15) is 0 Å². The zero-order valence-electron chi connectivity index (χ0n) is 11.5. The Kier molecular flexibility index (Phi) is 6.37. The quantitative estimate of drug-likeness (QED) is 0.704. The maximum absolute atomic E-state index is 5.57. The molecule has 1 rings (SSSR count). The predicted octanol–water partition coefficient (Wildman–Crippen LogP) is 3.22. The standard InChI is InChI=1S/C14H29NO/c1-11(2)13-7-5-6-8-14(13)15-9-10-16-12(3)4/h11-15H,5-10H2,1-4H3. The maximum atomic E-state index is 5.57. The SMILES string of the molecule is CC(C)OCCNC1CCCCC1C(C)C. The Morgan fingerprint density at radius 2 is 1.81 bits per heavy atom. The van der Waals surface area contributed by atoms with Crippen molar-refractivity contribution in [1.82, 2.24) is 5.32 Å². The molecule has 0 bridgehead atoms. The van der Waals surface area contributed by atoms with Gasteiger partial charge in [0.2, 0.25) is 0 Å². The van der Waals surface area contributed by atoms with E-state index in [9.17, 15) is 0 Å². The Balaban J connectivity index is 2.22. The van der Waals surface area contributed by atoms with Gasteiger partial charge in [-0.1, -0.05) is 26.7 Å². The zero-order valence-corrected chi connectivity index (χ0v) is 11.5. The molecular weight excluding hydrogens is 198 g/mol. The monoisotopic (exact) mass is 227 g/mol. The van der Waals surface area contributed by atoms with Crippen LogP contribution < -0.4 is 5.32 Å². The Morgan fingerprint density at radius 1 is 1.12 bits per heavy atom. The Labute approximate surface area is 101 Å². The predicted molar refractivity (Wildman–Crippen MR) is 69.7 cm³/mol. The molecule has 0 spiro atoms. The zero-order chi connectivity index (χ0) is 12.0. The van der Waals surface area contributed by atoms with Gasteiger partial charge >= 0.3 is 0 Å². The summed E-state index contributed by atoms with van der Waals surface area (Å²) < 4.78 is 5.57. The van der Waals surface area contributed by atoms with Crippen LogP contribution in [0.5, 0.6) is 0 Å². The van der Waals surface area contributed by atoms with Crippen molar-refractivity contribution in [3.8, 4) is 0 Å².